The van der Waals surface area contributed by atoms with Crippen LogP contribution in [-0.4, -0.2) is 18.8 Å². The third-order valence-electron chi connectivity index (χ3n) is 3.29. The van der Waals surface area contributed by atoms with Gasteiger partial charge in [0.1, 0.15) is 5.75 Å². The predicted molar refractivity (Wildman–Crippen MR) is 96.0 cm³/mol. The summed E-state index contributed by atoms with van der Waals surface area (Å²) in [6, 6.07) is 13.7. The summed E-state index contributed by atoms with van der Waals surface area (Å²) in [5.41, 5.74) is 10.2. The van der Waals surface area contributed by atoms with E-state index in [-0.39, 0.29) is 5.78 Å². The van der Waals surface area contributed by atoms with Crippen molar-refractivity contribution in [1.82, 2.24) is 0 Å². The number of azide groups is 1. The number of carbonyl (C=O) groups is 2. The third kappa shape index (κ3) is 5.49. The maximum absolute atomic E-state index is 11.9. The van der Waals surface area contributed by atoms with E-state index < -0.39 is 5.91 Å². The highest BCUT2D eigenvalue weighted by Crippen LogP contribution is 2.12. The average molecular weight is 333 g/mol. The fraction of sp³-hybridized carbons (Fsp3) is 0.0526. The molecule has 25 heavy (non-hydrogen) atoms. The number of hydrogen-bond acceptors (Lipinski definition) is 3. The molecule has 0 saturated carbocycles. The third-order valence-corrected chi connectivity index (χ3v) is 3.29. The molecule has 0 atom stereocenters. The second-order valence-electron chi connectivity index (χ2n) is 4.96. The minimum absolute atomic E-state index is 0.162. The van der Waals surface area contributed by atoms with Gasteiger partial charge in [-0.1, -0.05) is 48.6 Å². The first kappa shape index (κ1) is 17.7. The summed E-state index contributed by atoms with van der Waals surface area (Å²) in [6.45, 7) is 0. The van der Waals surface area contributed by atoms with Crippen LogP contribution >= 0.6 is 0 Å². The molecular weight excluding hydrogens is 318 g/mol. The Morgan fingerprint density at radius 1 is 0.960 bits per heavy atom. The number of nitrogens with zero attached hydrogens (tertiary/aromatic N) is 3. The molecule has 0 aliphatic rings. The molecule has 0 N–H and O–H groups in total. The Labute approximate surface area is 144 Å². The Balaban J connectivity index is 1.98. The molecule has 1 amide bonds. The zero-order valence-electron chi connectivity index (χ0n) is 13.5. The summed E-state index contributed by atoms with van der Waals surface area (Å²) in [7, 11) is 1.60. The van der Waals surface area contributed by atoms with E-state index in [4.69, 9.17) is 10.3 Å². The summed E-state index contributed by atoms with van der Waals surface area (Å²) in [5, 5.41) is 3.02. The number of rotatable bonds is 6. The molecule has 0 unspecified atom stereocenters. The van der Waals surface area contributed by atoms with Crippen LogP contribution in [0.1, 0.15) is 21.5 Å². The zero-order valence-corrected chi connectivity index (χ0v) is 13.5. The topological polar surface area (TPSA) is 92.1 Å². The summed E-state index contributed by atoms with van der Waals surface area (Å²) in [5.74, 6) is -0.0488. The number of ether oxygens (including phenoxy) is 1. The molecule has 2 aromatic rings. The lowest BCUT2D eigenvalue weighted by Crippen LogP contribution is -1.92. The van der Waals surface area contributed by atoms with E-state index in [0.29, 0.717) is 5.56 Å². The highest BCUT2D eigenvalue weighted by atomic mass is 16.5. The van der Waals surface area contributed by atoms with Crippen molar-refractivity contribution in [2.75, 3.05) is 7.11 Å². The second-order valence-corrected chi connectivity index (χ2v) is 4.96. The highest BCUT2D eigenvalue weighted by Gasteiger charge is 2.01. The van der Waals surface area contributed by atoms with Gasteiger partial charge < -0.3 is 4.74 Å². The van der Waals surface area contributed by atoms with Crippen molar-refractivity contribution >= 4 is 23.8 Å². The predicted octanol–water partition coefficient (Wildman–Crippen LogP) is 4.44. The molecule has 2 rings (SSSR count). The van der Waals surface area contributed by atoms with Gasteiger partial charge in [0.15, 0.2) is 5.78 Å². The molecule has 0 radical (unpaired) electrons. The van der Waals surface area contributed by atoms with Crippen molar-refractivity contribution in [3.8, 4) is 5.75 Å². The lowest BCUT2D eigenvalue weighted by atomic mass is 10.1. The number of carbonyl (C=O) groups excluding carboxylic acids is 2. The van der Waals surface area contributed by atoms with Gasteiger partial charge in [0.25, 0.3) is 0 Å². The van der Waals surface area contributed by atoms with Gasteiger partial charge in [-0.15, -0.1) is 0 Å². The Kier molecular flexibility index (Phi) is 6.28. The molecule has 0 bridgehead atoms. The number of amides is 1. The number of benzene rings is 2. The zero-order chi connectivity index (χ0) is 18.1. The average Bonchev–Trinajstić information content (AvgIpc) is 2.65. The molecule has 6 nitrogen and oxygen atoms in total. The minimum Gasteiger partial charge on any atom is -0.497 e. The van der Waals surface area contributed by atoms with E-state index in [2.05, 4.69) is 10.0 Å². The molecule has 0 saturated heterocycles. The molecule has 0 spiro atoms. The molecule has 6 heteroatoms. The number of ketones is 1. The minimum atomic E-state index is -0.642. The van der Waals surface area contributed by atoms with E-state index in [0.717, 1.165) is 16.9 Å². The van der Waals surface area contributed by atoms with Crippen molar-refractivity contribution < 1.29 is 14.3 Å². The lowest BCUT2D eigenvalue weighted by molar-refractivity contribution is -0.110. The molecule has 124 valence electrons. The lowest BCUT2D eigenvalue weighted by Gasteiger charge is -1.98. The maximum Gasteiger partial charge on any atom is 0.249 e. The van der Waals surface area contributed by atoms with Gasteiger partial charge in [-0.3, -0.25) is 9.59 Å². The van der Waals surface area contributed by atoms with Gasteiger partial charge in [-0.2, -0.15) is 0 Å². The van der Waals surface area contributed by atoms with E-state index in [1.165, 1.54) is 24.3 Å². The molecule has 0 aliphatic heterocycles. The van der Waals surface area contributed by atoms with Crippen LogP contribution in [0.4, 0.5) is 0 Å². The van der Waals surface area contributed by atoms with Gasteiger partial charge in [-0.25, -0.2) is 0 Å². The highest BCUT2D eigenvalue weighted by molar-refractivity contribution is 6.04. The first-order valence-electron chi connectivity index (χ1n) is 7.36. The standard InChI is InChI=1S/C19H15N3O3/c1-25-18-12-6-15(7-13-18)5-11-17(23)10-4-14-2-8-16(9-3-14)19(24)21-22-20/h2-13H,1H3/b10-4+,11-5+. The van der Waals surface area contributed by atoms with E-state index in [1.807, 2.05) is 24.3 Å². The quantitative estimate of drug-likeness (QED) is 0.338. The molecule has 0 fully saturated rings. The second kappa shape index (κ2) is 8.86. The van der Waals surface area contributed by atoms with Crippen molar-refractivity contribution in [3.63, 3.8) is 0 Å². The van der Waals surface area contributed by atoms with Crippen LogP contribution in [-0.2, 0) is 4.79 Å². The van der Waals surface area contributed by atoms with Crippen molar-refractivity contribution in [2.24, 2.45) is 5.11 Å². The molecule has 0 aromatic heterocycles. The Morgan fingerprint density at radius 2 is 1.48 bits per heavy atom. The van der Waals surface area contributed by atoms with Gasteiger partial charge in [-0.05, 0) is 46.1 Å². The molecule has 0 heterocycles. The van der Waals surface area contributed by atoms with Gasteiger partial charge in [0, 0.05) is 10.5 Å². The van der Waals surface area contributed by atoms with Crippen LogP contribution in [0.15, 0.2) is 65.8 Å². The number of allylic oxidation sites excluding steroid dienone is 2. The normalized spacial score (nSPS) is 10.6. The van der Waals surface area contributed by atoms with E-state index in [9.17, 15) is 9.59 Å². The van der Waals surface area contributed by atoms with E-state index >= 15 is 0 Å². The van der Waals surface area contributed by atoms with E-state index in [1.54, 1.807) is 31.4 Å². The van der Waals surface area contributed by atoms with Crippen LogP contribution in [0.3, 0.4) is 0 Å². The monoisotopic (exact) mass is 333 g/mol. The van der Waals surface area contributed by atoms with Crippen LogP contribution in [0, 0.1) is 0 Å². The van der Waals surface area contributed by atoms with Crippen molar-refractivity contribution in [1.29, 1.82) is 0 Å². The van der Waals surface area contributed by atoms with Crippen molar-refractivity contribution in [3.05, 3.63) is 87.8 Å². The Bertz CT molecular complexity index is 860. The van der Waals surface area contributed by atoms with Crippen LogP contribution in [0.25, 0.3) is 22.6 Å². The first-order chi connectivity index (χ1) is 12.1. The number of methoxy groups -OCH3 is 1. The van der Waals surface area contributed by atoms with Gasteiger partial charge in [0.2, 0.25) is 5.91 Å². The number of hydrogen-bond donors (Lipinski definition) is 0. The SMILES string of the molecule is COc1ccc(/C=C/C(=O)/C=C/c2ccc(C(=O)N=[N+]=[N-])cc2)cc1. The Hall–Kier alpha value is -3.63. The fourth-order valence-electron chi connectivity index (χ4n) is 1.96. The summed E-state index contributed by atoms with van der Waals surface area (Å²) in [6.07, 6.45) is 6.26. The Morgan fingerprint density at radius 3 is 1.96 bits per heavy atom. The van der Waals surface area contributed by atoms with Gasteiger partial charge in [0.05, 0.1) is 7.11 Å². The molecule has 0 aliphatic carbocycles. The van der Waals surface area contributed by atoms with Crippen LogP contribution < -0.4 is 4.74 Å². The summed E-state index contributed by atoms with van der Waals surface area (Å²) < 4.78 is 5.07. The maximum atomic E-state index is 11.9. The molecular formula is C19H15N3O3. The molecule has 2 aromatic carbocycles. The van der Waals surface area contributed by atoms with Crippen LogP contribution in [0.2, 0.25) is 0 Å². The van der Waals surface area contributed by atoms with Crippen LogP contribution in [0.5, 0.6) is 5.75 Å². The largest absolute Gasteiger partial charge is 0.497 e. The van der Waals surface area contributed by atoms with Crippen molar-refractivity contribution in [2.45, 2.75) is 0 Å². The summed E-state index contributed by atoms with van der Waals surface area (Å²) >= 11 is 0. The summed E-state index contributed by atoms with van der Waals surface area (Å²) in [4.78, 5) is 25.7. The first-order valence-corrected chi connectivity index (χ1v) is 7.36. The smallest absolute Gasteiger partial charge is 0.249 e. The van der Waals surface area contributed by atoms with Gasteiger partial charge >= 0.3 is 0 Å². The fourth-order valence-corrected chi connectivity index (χ4v) is 1.96.